The van der Waals surface area contributed by atoms with Crippen molar-refractivity contribution in [3.8, 4) is 0 Å². The average molecular weight is 196 g/mol. The third kappa shape index (κ3) is 2.60. The number of esters is 1. The van der Waals surface area contributed by atoms with Gasteiger partial charge in [0, 0.05) is 25.4 Å². The molecule has 0 amide bonds. The Bertz CT molecular complexity index is 307. The number of nitrogens with zero attached hydrogens (tertiary/aromatic N) is 1. The molecule has 1 rings (SSSR count). The van der Waals surface area contributed by atoms with E-state index >= 15 is 0 Å². The number of ether oxygens (including phenoxy) is 1. The summed E-state index contributed by atoms with van der Waals surface area (Å²) in [5.74, 6) is -0.339. The molecule has 0 aromatic carbocycles. The molecule has 4 nitrogen and oxygen atoms in total. The Labute approximate surface area is 83.7 Å². The molecule has 0 aliphatic heterocycles. The Morgan fingerprint density at radius 2 is 2.43 bits per heavy atom. The third-order valence-corrected chi connectivity index (χ3v) is 2.07. The molecule has 78 valence electrons. The molecule has 0 saturated carbocycles. The first-order valence-electron chi connectivity index (χ1n) is 4.67. The van der Waals surface area contributed by atoms with E-state index in [1.807, 2.05) is 29.9 Å². The van der Waals surface area contributed by atoms with Gasteiger partial charge in [-0.25, -0.2) is 0 Å². The van der Waals surface area contributed by atoms with Crippen molar-refractivity contribution in [2.45, 2.75) is 19.4 Å². The monoisotopic (exact) mass is 196 g/mol. The fourth-order valence-corrected chi connectivity index (χ4v) is 1.27. The first-order chi connectivity index (χ1) is 6.65. The van der Waals surface area contributed by atoms with Gasteiger partial charge in [-0.15, -0.1) is 0 Å². The molecule has 1 aromatic heterocycles. The second kappa shape index (κ2) is 4.81. The highest BCUT2D eigenvalue weighted by Crippen LogP contribution is 2.03. The Morgan fingerprint density at radius 1 is 1.71 bits per heavy atom. The third-order valence-electron chi connectivity index (χ3n) is 2.07. The van der Waals surface area contributed by atoms with Gasteiger partial charge in [0.05, 0.1) is 6.61 Å². The number of hydrogen-bond donors (Lipinski definition) is 1. The smallest absolute Gasteiger partial charge is 0.323 e. The van der Waals surface area contributed by atoms with Gasteiger partial charge in [0.15, 0.2) is 0 Å². The number of carbonyl (C=O) groups excluding carboxylic acids is 1. The van der Waals surface area contributed by atoms with Crippen LogP contribution < -0.4 is 5.73 Å². The minimum absolute atomic E-state index is 0.339. The van der Waals surface area contributed by atoms with Gasteiger partial charge in [0.1, 0.15) is 6.04 Å². The Balaban J connectivity index is 2.52. The topological polar surface area (TPSA) is 57.2 Å². The maximum Gasteiger partial charge on any atom is 0.323 e. The first kappa shape index (κ1) is 10.8. The quantitative estimate of drug-likeness (QED) is 0.712. The Kier molecular flexibility index (Phi) is 3.71. The molecule has 14 heavy (non-hydrogen) atoms. The normalized spacial score (nSPS) is 12.5. The average Bonchev–Trinajstić information content (AvgIpc) is 2.52. The second-order valence-electron chi connectivity index (χ2n) is 3.17. The molecule has 1 atom stereocenters. The van der Waals surface area contributed by atoms with Crippen LogP contribution in [-0.2, 0) is 23.0 Å². The Hall–Kier alpha value is -1.29. The highest BCUT2D eigenvalue weighted by molar-refractivity contribution is 5.75. The van der Waals surface area contributed by atoms with Gasteiger partial charge in [0.25, 0.3) is 0 Å². The lowest BCUT2D eigenvalue weighted by molar-refractivity contribution is -0.144. The molecule has 1 heterocycles. The van der Waals surface area contributed by atoms with Crippen LogP contribution in [0.2, 0.25) is 0 Å². The SMILES string of the molecule is CCOC(=O)C(N)Cc1cccn1C. The maximum atomic E-state index is 11.2. The largest absolute Gasteiger partial charge is 0.465 e. The summed E-state index contributed by atoms with van der Waals surface area (Å²) in [5, 5.41) is 0. The van der Waals surface area contributed by atoms with Crippen LogP contribution in [0.4, 0.5) is 0 Å². The molecule has 0 aliphatic rings. The van der Waals surface area contributed by atoms with Crippen molar-refractivity contribution in [2.75, 3.05) is 6.61 Å². The summed E-state index contributed by atoms with van der Waals surface area (Å²) in [4.78, 5) is 11.2. The molecule has 0 saturated heterocycles. The zero-order valence-corrected chi connectivity index (χ0v) is 8.56. The summed E-state index contributed by atoms with van der Waals surface area (Å²) in [6, 6.07) is 3.30. The molecule has 0 spiro atoms. The number of rotatable bonds is 4. The van der Waals surface area contributed by atoms with Crippen LogP contribution in [0, 0.1) is 0 Å². The van der Waals surface area contributed by atoms with Gasteiger partial charge in [-0.1, -0.05) is 0 Å². The fraction of sp³-hybridized carbons (Fsp3) is 0.500. The van der Waals surface area contributed by atoms with Crippen LogP contribution in [0.25, 0.3) is 0 Å². The number of hydrogen-bond acceptors (Lipinski definition) is 3. The fourth-order valence-electron chi connectivity index (χ4n) is 1.27. The van der Waals surface area contributed by atoms with Gasteiger partial charge in [0.2, 0.25) is 0 Å². The van der Waals surface area contributed by atoms with E-state index in [9.17, 15) is 4.79 Å². The minimum atomic E-state index is -0.566. The standard InChI is InChI=1S/C10H16N2O2/c1-3-14-10(13)9(11)7-8-5-4-6-12(8)2/h4-6,9H,3,7,11H2,1-2H3. The summed E-state index contributed by atoms with van der Waals surface area (Å²) >= 11 is 0. The number of nitrogens with two attached hydrogens (primary N) is 1. The van der Waals surface area contributed by atoms with Crippen molar-refractivity contribution in [1.29, 1.82) is 0 Å². The van der Waals surface area contributed by atoms with E-state index in [4.69, 9.17) is 10.5 Å². The van der Waals surface area contributed by atoms with E-state index in [0.717, 1.165) is 5.69 Å². The van der Waals surface area contributed by atoms with Crippen LogP contribution in [0.3, 0.4) is 0 Å². The number of aryl methyl sites for hydroxylation is 1. The molecular formula is C10H16N2O2. The van der Waals surface area contributed by atoms with Crippen molar-refractivity contribution < 1.29 is 9.53 Å². The summed E-state index contributed by atoms with van der Waals surface area (Å²) < 4.78 is 6.76. The maximum absolute atomic E-state index is 11.2. The van der Waals surface area contributed by atoms with E-state index in [1.165, 1.54) is 0 Å². The van der Waals surface area contributed by atoms with Crippen molar-refractivity contribution >= 4 is 5.97 Å². The number of aromatic nitrogens is 1. The van der Waals surface area contributed by atoms with Crippen LogP contribution in [0.5, 0.6) is 0 Å². The second-order valence-corrected chi connectivity index (χ2v) is 3.17. The van der Waals surface area contributed by atoms with Crippen LogP contribution in [0.15, 0.2) is 18.3 Å². The van der Waals surface area contributed by atoms with Crippen molar-refractivity contribution in [3.05, 3.63) is 24.0 Å². The number of carbonyl (C=O) groups is 1. The summed E-state index contributed by atoms with van der Waals surface area (Å²) in [7, 11) is 1.92. The minimum Gasteiger partial charge on any atom is -0.465 e. The molecule has 0 bridgehead atoms. The molecule has 4 heteroatoms. The van der Waals surface area contributed by atoms with E-state index in [0.29, 0.717) is 13.0 Å². The Morgan fingerprint density at radius 3 is 2.93 bits per heavy atom. The van der Waals surface area contributed by atoms with Gasteiger partial charge in [-0.3, -0.25) is 4.79 Å². The predicted octanol–water partition coefficient (Wildman–Crippen LogP) is 0.458. The van der Waals surface area contributed by atoms with E-state index in [-0.39, 0.29) is 5.97 Å². The first-order valence-corrected chi connectivity index (χ1v) is 4.67. The highest BCUT2D eigenvalue weighted by Gasteiger charge is 2.15. The summed E-state index contributed by atoms with van der Waals surface area (Å²) in [6.45, 7) is 2.15. The van der Waals surface area contributed by atoms with E-state index in [1.54, 1.807) is 6.92 Å². The predicted molar refractivity (Wildman–Crippen MR) is 53.7 cm³/mol. The molecule has 2 N–H and O–H groups in total. The zero-order valence-electron chi connectivity index (χ0n) is 8.56. The molecule has 0 radical (unpaired) electrons. The molecule has 1 aromatic rings. The lowest BCUT2D eigenvalue weighted by Gasteiger charge is -2.10. The lowest BCUT2D eigenvalue weighted by Crippen LogP contribution is -2.34. The van der Waals surface area contributed by atoms with E-state index < -0.39 is 6.04 Å². The van der Waals surface area contributed by atoms with Crippen LogP contribution in [0.1, 0.15) is 12.6 Å². The van der Waals surface area contributed by atoms with Gasteiger partial charge >= 0.3 is 5.97 Å². The van der Waals surface area contributed by atoms with Gasteiger partial charge in [-0.2, -0.15) is 0 Å². The van der Waals surface area contributed by atoms with E-state index in [2.05, 4.69) is 0 Å². The molecule has 1 unspecified atom stereocenters. The highest BCUT2D eigenvalue weighted by atomic mass is 16.5. The van der Waals surface area contributed by atoms with Crippen molar-refractivity contribution in [1.82, 2.24) is 4.57 Å². The molecule has 0 fully saturated rings. The molecule has 0 aliphatic carbocycles. The molecular weight excluding hydrogens is 180 g/mol. The van der Waals surface area contributed by atoms with Gasteiger partial charge < -0.3 is 15.0 Å². The van der Waals surface area contributed by atoms with Crippen molar-refractivity contribution in [3.63, 3.8) is 0 Å². The van der Waals surface area contributed by atoms with Crippen LogP contribution >= 0.6 is 0 Å². The van der Waals surface area contributed by atoms with Crippen LogP contribution in [-0.4, -0.2) is 23.2 Å². The lowest BCUT2D eigenvalue weighted by atomic mass is 10.2. The van der Waals surface area contributed by atoms with Crippen molar-refractivity contribution in [2.24, 2.45) is 12.8 Å². The summed E-state index contributed by atoms with van der Waals surface area (Å²) in [6.07, 6.45) is 2.44. The zero-order chi connectivity index (χ0) is 10.6. The van der Waals surface area contributed by atoms with Gasteiger partial charge in [-0.05, 0) is 19.1 Å². The summed E-state index contributed by atoms with van der Waals surface area (Å²) in [5.41, 5.74) is 6.71.